The fourth-order valence-corrected chi connectivity index (χ4v) is 1.98. The number of ether oxygens (including phenoxy) is 2. The van der Waals surface area contributed by atoms with Crippen LogP contribution in [0, 0.1) is 5.41 Å². The lowest BCUT2D eigenvalue weighted by molar-refractivity contribution is 0.0294. The summed E-state index contributed by atoms with van der Waals surface area (Å²) < 4.78 is 11.1. The van der Waals surface area contributed by atoms with Crippen molar-refractivity contribution in [3.8, 4) is 5.75 Å². The Morgan fingerprint density at radius 1 is 1.39 bits per heavy atom. The molecule has 18 heavy (non-hydrogen) atoms. The lowest BCUT2D eigenvalue weighted by Crippen LogP contribution is -2.24. The topological polar surface area (TPSA) is 38.7 Å². The Hall–Kier alpha value is -1.06. The van der Waals surface area contributed by atoms with E-state index in [9.17, 15) is 0 Å². The summed E-state index contributed by atoms with van der Waals surface area (Å²) in [4.78, 5) is 0. The molecule has 3 heteroatoms. The number of aliphatic hydroxyl groups excluding tert-OH is 1. The lowest BCUT2D eigenvalue weighted by atomic mass is 9.96. The molecule has 1 heterocycles. The van der Waals surface area contributed by atoms with Gasteiger partial charge in [-0.1, -0.05) is 26.0 Å². The average Bonchev–Trinajstić information content (AvgIpc) is 2.82. The molecule has 100 valence electrons. The lowest BCUT2D eigenvalue weighted by Gasteiger charge is -2.21. The highest BCUT2D eigenvalue weighted by Gasteiger charge is 2.16. The first kappa shape index (κ1) is 13.4. The molecule has 0 aliphatic carbocycles. The Kier molecular flexibility index (Phi) is 4.25. The first-order chi connectivity index (χ1) is 8.61. The average molecular weight is 250 g/mol. The van der Waals surface area contributed by atoms with E-state index in [0.717, 1.165) is 25.2 Å². The molecule has 0 radical (unpaired) electrons. The molecule has 0 saturated carbocycles. The molecule has 1 N–H and O–H groups in total. The number of fused-ring (bicyclic) bond motifs is 1. The van der Waals surface area contributed by atoms with Crippen LogP contribution in [0.25, 0.3) is 0 Å². The third kappa shape index (κ3) is 3.47. The Morgan fingerprint density at radius 3 is 3.00 bits per heavy atom. The van der Waals surface area contributed by atoms with Crippen molar-refractivity contribution in [3.05, 3.63) is 29.3 Å². The van der Waals surface area contributed by atoms with Gasteiger partial charge in [-0.05, 0) is 23.6 Å². The Labute approximate surface area is 109 Å². The summed E-state index contributed by atoms with van der Waals surface area (Å²) in [5.41, 5.74) is 2.45. The van der Waals surface area contributed by atoms with E-state index in [2.05, 4.69) is 18.2 Å². The van der Waals surface area contributed by atoms with Crippen LogP contribution >= 0.6 is 0 Å². The highest BCUT2D eigenvalue weighted by Crippen LogP contribution is 2.26. The van der Waals surface area contributed by atoms with Crippen LogP contribution in [0.3, 0.4) is 0 Å². The predicted octanol–water partition coefficient (Wildman–Crippen LogP) is 2.20. The Balaban J connectivity index is 1.77. The largest absolute Gasteiger partial charge is 0.493 e. The van der Waals surface area contributed by atoms with Crippen LogP contribution < -0.4 is 4.74 Å². The number of hydrogen-bond donors (Lipinski definition) is 1. The second-order valence-corrected chi connectivity index (χ2v) is 5.67. The summed E-state index contributed by atoms with van der Waals surface area (Å²) in [7, 11) is 0. The fourth-order valence-electron chi connectivity index (χ4n) is 1.98. The van der Waals surface area contributed by atoms with Crippen LogP contribution in [0.1, 0.15) is 25.0 Å². The van der Waals surface area contributed by atoms with Gasteiger partial charge in [-0.3, -0.25) is 0 Å². The molecule has 0 saturated heterocycles. The smallest absolute Gasteiger partial charge is 0.122 e. The zero-order valence-corrected chi connectivity index (χ0v) is 11.2. The van der Waals surface area contributed by atoms with Crippen molar-refractivity contribution in [2.24, 2.45) is 5.41 Å². The van der Waals surface area contributed by atoms with Gasteiger partial charge in [0, 0.05) is 11.8 Å². The van der Waals surface area contributed by atoms with Crippen LogP contribution in [-0.2, 0) is 17.6 Å². The summed E-state index contributed by atoms with van der Waals surface area (Å²) in [6.45, 7) is 6.25. The minimum absolute atomic E-state index is 0.147. The van der Waals surface area contributed by atoms with Crippen LogP contribution in [-0.4, -0.2) is 31.5 Å². The van der Waals surface area contributed by atoms with Crippen LogP contribution in [0.15, 0.2) is 18.2 Å². The molecular weight excluding hydrogens is 228 g/mol. The molecule has 0 amide bonds. The van der Waals surface area contributed by atoms with Crippen molar-refractivity contribution in [1.82, 2.24) is 0 Å². The molecule has 3 nitrogen and oxygen atoms in total. The van der Waals surface area contributed by atoms with E-state index in [1.807, 2.05) is 13.8 Å². The van der Waals surface area contributed by atoms with E-state index in [1.165, 1.54) is 11.1 Å². The third-order valence-electron chi connectivity index (χ3n) is 3.21. The Morgan fingerprint density at radius 2 is 2.22 bits per heavy atom. The minimum atomic E-state index is -0.147. The summed E-state index contributed by atoms with van der Waals surface area (Å²) in [6.07, 6.45) is 1.93. The summed E-state index contributed by atoms with van der Waals surface area (Å²) in [5, 5.41) is 9.12. The van der Waals surface area contributed by atoms with E-state index in [-0.39, 0.29) is 12.0 Å². The number of benzene rings is 1. The van der Waals surface area contributed by atoms with E-state index < -0.39 is 0 Å². The summed E-state index contributed by atoms with van der Waals surface area (Å²) in [5.74, 6) is 1.03. The first-order valence-electron chi connectivity index (χ1n) is 6.54. The van der Waals surface area contributed by atoms with Crippen LogP contribution in [0.4, 0.5) is 0 Å². The first-order valence-corrected chi connectivity index (χ1v) is 6.54. The van der Waals surface area contributed by atoms with Gasteiger partial charge < -0.3 is 14.6 Å². The van der Waals surface area contributed by atoms with Gasteiger partial charge in [0.2, 0.25) is 0 Å². The van der Waals surface area contributed by atoms with E-state index in [0.29, 0.717) is 13.2 Å². The van der Waals surface area contributed by atoms with Gasteiger partial charge in [0.15, 0.2) is 0 Å². The monoisotopic (exact) mass is 250 g/mol. The van der Waals surface area contributed by atoms with E-state index in [4.69, 9.17) is 14.6 Å². The zero-order chi connectivity index (χ0) is 13.0. The Bertz CT molecular complexity index is 399. The molecule has 0 fully saturated rings. The van der Waals surface area contributed by atoms with Gasteiger partial charge in [0.1, 0.15) is 5.75 Å². The maximum Gasteiger partial charge on any atom is 0.122 e. The minimum Gasteiger partial charge on any atom is -0.493 e. The molecule has 2 rings (SSSR count). The molecule has 1 aliphatic heterocycles. The predicted molar refractivity (Wildman–Crippen MR) is 71.0 cm³/mol. The number of hydrogen-bond acceptors (Lipinski definition) is 3. The van der Waals surface area contributed by atoms with E-state index >= 15 is 0 Å². The van der Waals surface area contributed by atoms with Gasteiger partial charge in [-0.25, -0.2) is 0 Å². The van der Waals surface area contributed by atoms with Crippen molar-refractivity contribution < 1.29 is 14.6 Å². The third-order valence-corrected chi connectivity index (χ3v) is 3.21. The molecule has 0 atom stereocenters. The molecule has 1 aromatic rings. The molecule has 1 aromatic carbocycles. The van der Waals surface area contributed by atoms with Crippen molar-refractivity contribution >= 4 is 0 Å². The molecule has 0 spiro atoms. The summed E-state index contributed by atoms with van der Waals surface area (Å²) in [6, 6.07) is 6.36. The SMILES string of the molecule is CC(C)(CO)COCCc1ccc2c(c1)CCO2. The normalized spacial score (nSPS) is 14.4. The molecule has 0 aromatic heterocycles. The van der Waals surface area contributed by atoms with Crippen molar-refractivity contribution in [3.63, 3.8) is 0 Å². The highest BCUT2D eigenvalue weighted by molar-refractivity contribution is 5.39. The fraction of sp³-hybridized carbons (Fsp3) is 0.600. The van der Waals surface area contributed by atoms with Gasteiger partial charge in [-0.2, -0.15) is 0 Å². The van der Waals surface area contributed by atoms with Gasteiger partial charge >= 0.3 is 0 Å². The van der Waals surface area contributed by atoms with Gasteiger partial charge in [0.25, 0.3) is 0 Å². The number of rotatable bonds is 6. The van der Waals surface area contributed by atoms with Crippen LogP contribution in [0.5, 0.6) is 5.75 Å². The van der Waals surface area contributed by atoms with Crippen molar-refractivity contribution in [2.45, 2.75) is 26.7 Å². The second kappa shape index (κ2) is 5.72. The second-order valence-electron chi connectivity index (χ2n) is 5.67. The van der Waals surface area contributed by atoms with Crippen molar-refractivity contribution in [1.29, 1.82) is 0 Å². The van der Waals surface area contributed by atoms with Gasteiger partial charge in [-0.15, -0.1) is 0 Å². The van der Waals surface area contributed by atoms with Crippen molar-refractivity contribution in [2.75, 3.05) is 26.4 Å². The number of aliphatic hydroxyl groups is 1. The maximum absolute atomic E-state index is 9.12. The van der Waals surface area contributed by atoms with Crippen LogP contribution in [0.2, 0.25) is 0 Å². The maximum atomic E-state index is 9.12. The zero-order valence-electron chi connectivity index (χ0n) is 11.2. The highest BCUT2D eigenvalue weighted by atomic mass is 16.5. The van der Waals surface area contributed by atoms with E-state index in [1.54, 1.807) is 0 Å². The molecule has 1 aliphatic rings. The molecule has 0 unspecified atom stereocenters. The molecular formula is C15H22O3. The standard InChI is InChI=1S/C15H22O3/c1-15(2,10-16)11-17-7-5-12-3-4-14-13(9-12)6-8-18-14/h3-4,9,16H,5-8,10-11H2,1-2H3. The molecule has 0 bridgehead atoms. The summed E-state index contributed by atoms with van der Waals surface area (Å²) >= 11 is 0. The van der Waals surface area contributed by atoms with Gasteiger partial charge in [0.05, 0.1) is 26.4 Å². The quantitative estimate of drug-likeness (QED) is 0.787.